The first kappa shape index (κ1) is 26.3. The quantitative estimate of drug-likeness (QED) is 0.219. The smallest absolute Gasteiger partial charge is 0.308 e. The third kappa shape index (κ3) is 5.13. The molecule has 2 N–H and O–H groups in total. The van der Waals surface area contributed by atoms with Gasteiger partial charge in [-0.3, -0.25) is 4.79 Å². The van der Waals surface area contributed by atoms with Crippen LogP contribution in [-0.4, -0.2) is 39.1 Å². The molecule has 0 amide bonds. The first-order valence-corrected chi connectivity index (χ1v) is 14.1. The minimum atomic E-state index is -0.917. The highest BCUT2D eigenvalue weighted by atomic mass is 35.5. The Morgan fingerprint density at radius 2 is 1.77 bits per heavy atom. The highest BCUT2D eigenvalue weighted by molar-refractivity contribution is 6.31. The van der Waals surface area contributed by atoms with Crippen molar-refractivity contribution < 1.29 is 9.90 Å². The number of anilines is 2. The van der Waals surface area contributed by atoms with Gasteiger partial charge in [-0.05, 0) is 34.9 Å². The van der Waals surface area contributed by atoms with Gasteiger partial charge >= 0.3 is 5.97 Å². The molecule has 0 saturated carbocycles. The van der Waals surface area contributed by atoms with Gasteiger partial charge in [-0.1, -0.05) is 74.0 Å². The van der Waals surface area contributed by atoms with Crippen molar-refractivity contribution in [2.24, 2.45) is 5.41 Å². The molecule has 0 bridgehead atoms. The molecule has 3 heterocycles. The number of piperidine rings is 1. The normalized spacial score (nSPS) is 15.4. The number of nitrogens with zero attached hydrogens (tertiary/aromatic N) is 4. The number of halogens is 1. The van der Waals surface area contributed by atoms with E-state index >= 15 is 0 Å². The average Bonchev–Trinajstić information content (AvgIpc) is 3.33. The predicted molar refractivity (Wildman–Crippen MR) is 159 cm³/mol. The number of nitrogens with one attached hydrogen (secondary N) is 1. The lowest BCUT2D eigenvalue weighted by atomic mass is 9.82. The van der Waals surface area contributed by atoms with Gasteiger partial charge in [0.25, 0.3) is 0 Å². The predicted octanol–water partition coefficient (Wildman–Crippen LogP) is 6.63. The van der Waals surface area contributed by atoms with Crippen molar-refractivity contribution in [2.75, 3.05) is 23.3 Å². The summed E-state index contributed by atoms with van der Waals surface area (Å²) in [6.07, 6.45) is 6.12. The second-order valence-electron chi connectivity index (χ2n) is 11.4. The van der Waals surface area contributed by atoms with Crippen LogP contribution in [0.1, 0.15) is 48.9 Å². The molecular weight excluding hydrogens is 522 g/mol. The molecular formula is C32H32ClN5O2. The maximum absolute atomic E-state index is 11.8. The van der Waals surface area contributed by atoms with Crippen molar-refractivity contribution in [1.82, 2.24) is 15.0 Å². The van der Waals surface area contributed by atoms with Crippen molar-refractivity contribution in [3.05, 3.63) is 88.5 Å². The number of carboxylic acids is 1. The summed E-state index contributed by atoms with van der Waals surface area (Å²) in [6.45, 7) is 6.88. The lowest BCUT2D eigenvalue weighted by Gasteiger charge is -2.40. The number of rotatable bonds is 7. The zero-order chi connectivity index (χ0) is 27.9. The molecule has 7 nitrogen and oxygen atoms in total. The molecule has 0 unspecified atom stereocenters. The minimum Gasteiger partial charge on any atom is -0.481 e. The Balaban J connectivity index is 1.25. The van der Waals surface area contributed by atoms with E-state index in [2.05, 4.69) is 81.5 Å². The molecule has 1 aliphatic carbocycles. The Labute approximate surface area is 239 Å². The summed E-state index contributed by atoms with van der Waals surface area (Å²) in [7, 11) is 0. The summed E-state index contributed by atoms with van der Waals surface area (Å²) in [5, 5.41) is 13.4. The van der Waals surface area contributed by atoms with Crippen LogP contribution in [-0.2, 0) is 24.2 Å². The molecule has 204 valence electrons. The highest BCUT2D eigenvalue weighted by Gasteiger charge is 2.30. The van der Waals surface area contributed by atoms with Crippen LogP contribution in [0.5, 0.6) is 0 Å². The molecule has 40 heavy (non-hydrogen) atoms. The summed E-state index contributed by atoms with van der Waals surface area (Å²) in [5.74, 6) is -0.0547. The zero-order valence-electron chi connectivity index (χ0n) is 22.7. The Kier molecular flexibility index (Phi) is 6.92. The molecule has 2 aromatic heterocycles. The van der Waals surface area contributed by atoms with E-state index in [9.17, 15) is 9.90 Å². The number of hydrogen-bond donors (Lipinski definition) is 2. The molecule has 6 rings (SSSR count). The number of pyridine rings is 1. The molecule has 0 atom stereocenters. The third-order valence-electron chi connectivity index (χ3n) is 8.17. The van der Waals surface area contributed by atoms with E-state index in [1.165, 1.54) is 11.1 Å². The van der Waals surface area contributed by atoms with Gasteiger partial charge in [-0.2, -0.15) is 0 Å². The maximum atomic E-state index is 11.8. The van der Waals surface area contributed by atoms with Gasteiger partial charge in [0.2, 0.25) is 0 Å². The molecule has 0 spiro atoms. The van der Waals surface area contributed by atoms with Crippen LogP contribution in [0.15, 0.2) is 61.1 Å². The fourth-order valence-electron chi connectivity index (χ4n) is 5.78. The van der Waals surface area contributed by atoms with Crippen LogP contribution in [0.2, 0.25) is 5.15 Å². The number of hydrogen-bond acceptors (Lipinski definition) is 6. The van der Waals surface area contributed by atoms with Crippen LogP contribution >= 0.6 is 11.6 Å². The average molecular weight is 554 g/mol. The Morgan fingerprint density at radius 3 is 2.52 bits per heavy atom. The van der Waals surface area contributed by atoms with Crippen LogP contribution < -0.4 is 10.2 Å². The van der Waals surface area contributed by atoms with Crippen molar-refractivity contribution >= 4 is 29.1 Å². The van der Waals surface area contributed by atoms with E-state index in [-0.39, 0.29) is 17.0 Å². The number of carbonyl (C=O) groups is 1. The van der Waals surface area contributed by atoms with Crippen LogP contribution in [0.25, 0.3) is 22.4 Å². The molecule has 4 aromatic rings. The van der Waals surface area contributed by atoms with Gasteiger partial charge in [0.05, 0.1) is 17.8 Å². The fraction of sp³-hybridized carbons (Fsp3) is 0.312. The van der Waals surface area contributed by atoms with Gasteiger partial charge in [0.1, 0.15) is 17.3 Å². The van der Waals surface area contributed by atoms with E-state index in [4.69, 9.17) is 11.6 Å². The van der Waals surface area contributed by atoms with Crippen LogP contribution in [0, 0.1) is 5.41 Å². The molecule has 0 radical (unpaired) electrons. The van der Waals surface area contributed by atoms with Crippen LogP contribution in [0.3, 0.4) is 0 Å². The van der Waals surface area contributed by atoms with E-state index in [0.29, 0.717) is 12.1 Å². The first-order chi connectivity index (χ1) is 19.3. The Morgan fingerprint density at radius 1 is 1.02 bits per heavy atom. The van der Waals surface area contributed by atoms with E-state index in [1.54, 1.807) is 12.5 Å². The molecule has 1 aliphatic heterocycles. The third-order valence-corrected chi connectivity index (χ3v) is 8.49. The first-order valence-electron chi connectivity index (χ1n) is 13.7. The van der Waals surface area contributed by atoms with Crippen molar-refractivity contribution in [2.45, 2.75) is 46.1 Å². The molecule has 2 aromatic carbocycles. The van der Waals surface area contributed by atoms with Crippen molar-refractivity contribution in [1.29, 1.82) is 0 Å². The van der Waals surface area contributed by atoms with Gasteiger partial charge in [0.15, 0.2) is 0 Å². The second kappa shape index (κ2) is 10.5. The topological polar surface area (TPSA) is 91.2 Å². The van der Waals surface area contributed by atoms with Gasteiger partial charge in [-0.15, -0.1) is 0 Å². The number of fused-ring (bicyclic) bond motifs is 3. The summed E-state index contributed by atoms with van der Waals surface area (Å²) in [5.41, 5.74) is 9.33. The summed E-state index contributed by atoms with van der Waals surface area (Å²) < 4.78 is 0. The summed E-state index contributed by atoms with van der Waals surface area (Å²) in [6, 6.07) is 16.7. The van der Waals surface area contributed by atoms with Gasteiger partial charge < -0.3 is 15.3 Å². The second-order valence-corrected chi connectivity index (χ2v) is 11.8. The van der Waals surface area contributed by atoms with Gasteiger partial charge in [0, 0.05) is 54.5 Å². The maximum Gasteiger partial charge on any atom is 0.308 e. The monoisotopic (exact) mass is 553 g/mol. The molecule has 8 heteroatoms. The van der Waals surface area contributed by atoms with Crippen molar-refractivity contribution in [3.8, 4) is 22.4 Å². The number of carboxylic acid groups (broad SMARTS) is 1. The lowest BCUT2D eigenvalue weighted by Crippen LogP contribution is -2.38. The Hall–Kier alpha value is -3.97. The number of benzene rings is 2. The SMILES string of the molecule is CC1(C)CCN(c2c(-c3ccc(CNc4ncnc5c4Cc4ccccc4-5)cc3)cnc(Cl)c2CC(=O)O)CC1. The fourth-order valence-corrected chi connectivity index (χ4v) is 5.99. The summed E-state index contributed by atoms with van der Waals surface area (Å²) in [4.78, 5) is 27.5. The van der Waals surface area contributed by atoms with E-state index in [1.807, 2.05) is 6.07 Å². The minimum absolute atomic E-state index is 0.163. The van der Waals surface area contributed by atoms with Crippen molar-refractivity contribution in [3.63, 3.8) is 0 Å². The summed E-state index contributed by atoms with van der Waals surface area (Å²) >= 11 is 6.48. The zero-order valence-corrected chi connectivity index (χ0v) is 23.5. The van der Waals surface area contributed by atoms with E-state index in [0.717, 1.165) is 71.8 Å². The molecule has 2 aliphatic rings. The lowest BCUT2D eigenvalue weighted by molar-refractivity contribution is -0.136. The highest BCUT2D eigenvalue weighted by Crippen LogP contribution is 2.41. The Bertz CT molecular complexity index is 1580. The molecule has 1 fully saturated rings. The number of aromatic nitrogens is 3. The molecule has 1 saturated heterocycles. The largest absolute Gasteiger partial charge is 0.481 e. The van der Waals surface area contributed by atoms with Crippen LogP contribution in [0.4, 0.5) is 11.5 Å². The standard InChI is InChI=1S/C32H32ClN5O2/c1-32(2)11-13-38(14-12-32)29-25(16-27(39)40)30(33)34-18-26(29)21-9-7-20(8-10-21)17-35-31-24-15-22-5-3-4-6-23(22)28(24)36-19-37-31/h3-10,18-19H,11-17H2,1-2H3,(H,39,40)(H,35,36,37). The van der Waals surface area contributed by atoms with E-state index < -0.39 is 5.97 Å². The number of aliphatic carboxylic acids is 1. The van der Waals surface area contributed by atoms with Gasteiger partial charge in [-0.25, -0.2) is 15.0 Å².